The summed E-state index contributed by atoms with van der Waals surface area (Å²) in [6, 6.07) is 9.56. The number of rotatable bonds is 4. The average molecular weight is 288 g/mol. The van der Waals surface area contributed by atoms with Crippen molar-refractivity contribution in [1.82, 2.24) is 0 Å². The fourth-order valence-corrected chi connectivity index (χ4v) is 1.88. The summed E-state index contributed by atoms with van der Waals surface area (Å²) in [5.74, 6) is -0.0159. The lowest BCUT2D eigenvalue weighted by Crippen LogP contribution is -2.13. The van der Waals surface area contributed by atoms with Gasteiger partial charge in [-0.3, -0.25) is 4.79 Å². The summed E-state index contributed by atoms with van der Waals surface area (Å²) in [4.78, 5) is 12.3. The van der Waals surface area contributed by atoms with Crippen LogP contribution in [0.4, 0.5) is 11.4 Å². The molecule has 0 aliphatic rings. The van der Waals surface area contributed by atoms with Crippen molar-refractivity contribution in [1.29, 1.82) is 0 Å². The van der Waals surface area contributed by atoms with E-state index in [0.717, 1.165) is 0 Å². The van der Waals surface area contributed by atoms with E-state index < -0.39 is 5.91 Å². The van der Waals surface area contributed by atoms with Crippen LogP contribution in [0, 0.1) is 0 Å². The molecule has 0 saturated heterocycles. The number of nitrogens with two attached hydrogens (primary N) is 1. The molecular formula is C15H16N2O4. The molecule has 0 aromatic heterocycles. The van der Waals surface area contributed by atoms with Gasteiger partial charge in [-0.05, 0) is 30.3 Å². The summed E-state index contributed by atoms with van der Waals surface area (Å²) in [7, 11) is 2.90. The predicted molar refractivity (Wildman–Crippen MR) is 80.0 cm³/mol. The van der Waals surface area contributed by atoms with Crippen molar-refractivity contribution in [3.8, 4) is 17.2 Å². The van der Waals surface area contributed by atoms with Crippen LogP contribution >= 0.6 is 0 Å². The van der Waals surface area contributed by atoms with Gasteiger partial charge in [0.1, 0.15) is 5.75 Å². The van der Waals surface area contributed by atoms with E-state index in [4.69, 9.17) is 15.2 Å². The molecular weight excluding hydrogens is 272 g/mol. The maximum absolute atomic E-state index is 12.3. The van der Waals surface area contributed by atoms with Gasteiger partial charge in [-0.15, -0.1) is 0 Å². The Morgan fingerprint density at radius 2 is 1.86 bits per heavy atom. The zero-order chi connectivity index (χ0) is 15.4. The zero-order valence-corrected chi connectivity index (χ0v) is 11.7. The van der Waals surface area contributed by atoms with Gasteiger partial charge in [0.15, 0.2) is 11.5 Å². The van der Waals surface area contributed by atoms with Gasteiger partial charge in [0.05, 0.1) is 25.5 Å². The Labute approximate surface area is 122 Å². The van der Waals surface area contributed by atoms with Crippen LogP contribution in [-0.4, -0.2) is 25.2 Å². The van der Waals surface area contributed by atoms with Crippen molar-refractivity contribution in [2.45, 2.75) is 0 Å². The Hall–Kier alpha value is -2.89. The molecule has 2 aromatic rings. The van der Waals surface area contributed by atoms with Crippen molar-refractivity contribution >= 4 is 17.3 Å². The summed E-state index contributed by atoms with van der Waals surface area (Å²) >= 11 is 0. The summed E-state index contributed by atoms with van der Waals surface area (Å²) < 4.78 is 10.1. The van der Waals surface area contributed by atoms with Crippen LogP contribution in [0.3, 0.4) is 0 Å². The quantitative estimate of drug-likeness (QED) is 0.750. The standard InChI is InChI=1S/C15H16N2O4/c1-20-12-7-6-9(16)8-11(12)17-15(19)10-4-3-5-13(21-2)14(10)18/h3-8,18H,16H2,1-2H3,(H,17,19). The normalized spacial score (nSPS) is 10.0. The molecule has 6 nitrogen and oxygen atoms in total. The molecule has 0 aliphatic heterocycles. The molecule has 6 heteroatoms. The van der Waals surface area contributed by atoms with Crippen LogP contribution < -0.4 is 20.5 Å². The molecule has 2 rings (SSSR count). The Morgan fingerprint density at radius 1 is 1.14 bits per heavy atom. The first-order chi connectivity index (χ1) is 10.1. The lowest BCUT2D eigenvalue weighted by Gasteiger charge is -2.12. The molecule has 110 valence electrons. The first-order valence-electron chi connectivity index (χ1n) is 6.17. The molecule has 0 aliphatic carbocycles. The van der Waals surface area contributed by atoms with Crippen molar-refractivity contribution < 1.29 is 19.4 Å². The number of hydrogen-bond acceptors (Lipinski definition) is 5. The predicted octanol–water partition coefficient (Wildman–Crippen LogP) is 2.24. The lowest BCUT2D eigenvalue weighted by molar-refractivity contribution is 0.102. The number of ether oxygens (including phenoxy) is 2. The highest BCUT2D eigenvalue weighted by atomic mass is 16.5. The number of carbonyl (C=O) groups excluding carboxylic acids is 1. The Bertz CT molecular complexity index is 671. The van der Waals surface area contributed by atoms with Crippen LogP contribution in [0.2, 0.25) is 0 Å². The largest absolute Gasteiger partial charge is 0.504 e. The number of nitrogens with one attached hydrogen (secondary N) is 1. The van der Waals surface area contributed by atoms with Gasteiger partial charge in [0, 0.05) is 5.69 Å². The minimum absolute atomic E-state index is 0.0961. The van der Waals surface area contributed by atoms with E-state index in [0.29, 0.717) is 17.1 Å². The van der Waals surface area contributed by atoms with E-state index in [9.17, 15) is 9.90 Å². The van der Waals surface area contributed by atoms with Crippen LogP contribution in [0.25, 0.3) is 0 Å². The number of benzene rings is 2. The fraction of sp³-hybridized carbons (Fsp3) is 0.133. The van der Waals surface area contributed by atoms with Crippen LogP contribution in [0.1, 0.15) is 10.4 Å². The van der Waals surface area contributed by atoms with E-state index >= 15 is 0 Å². The highest BCUT2D eigenvalue weighted by Gasteiger charge is 2.16. The van der Waals surface area contributed by atoms with Gasteiger partial charge >= 0.3 is 0 Å². The molecule has 0 bridgehead atoms. The van der Waals surface area contributed by atoms with E-state index in [1.54, 1.807) is 30.3 Å². The second-order valence-electron chi connectivity index (χ2n) is 4.27. The molecule has 0 atom stereocenters. The van der Waals surface area contributed by atoms with Crippen molar-refractivity contribution in [2.24, 2.45) is 0 Å². The topological polar surface area (TPSA) is 93.8 Å². The third-order valence-electron chi connectivity index (χ3n) is 2.94. The molecule has 0 fully saturated rings. The Kier molecular flexibility index (Phi) is 4.18. The average Bonchev–Trinajstić information content (AvgIpc) is 2.47. The van der Waals surface area contributed by atoms with Gasteiger partial charge < -0.3 is 25.6 Å². The minimum atomic E-state index is -0.490. The maximum atomic E-state index is 12.3. The third kappa shape index (κ3) is 3.00. The van der Waals surface area contributed by atoms with Crippen molar-refractivity contribution in [3.05, 3.63) is 42.0 Å². The molecule has 1 amide bonds. The highest BCUT2D eigenvalue weighted by molar-refractivity contribution is 6.07. The number of aromatic hydroxyl groups is 1. The number of carbonyl (C=O) groups is 1. The Morgan fingerprint density at radius 3 is 2.52 bits per heavy atom. The summed E-state index contributed by atoms with van der Waals surface area (Å²) in [6.45, 7) is 0. The summed E-state index contributed by atoms with van der Waals surface area (Å²) in [5, 5.41) is 12.6. The number of nitrogen functional groups attached to an aromatic ring is 1. The summed E-state index contributed by atoms with van der Waals surface area (Å²) in [6.07, 6.45) is 0. The number of anilines is 2. The van der Waals surface area contributed by atoms with Gasteiger partial charge in [0.2, 0.25) is 0 Å². The van der Waals surface area contributed by atoms with Crippen molar-refractivity contribution in [2.75, 3.05) is 25.3 Å². The number of phenolic OH excluding ortho intramolecular Hbond substituents is 1. The van der Waals surface area contributed by atoms with Gasteiger partial charge in [-0.2, -0.15) is 0 Å². The smallest absolute Gasteiger partial charge is 0.259 e. The van der Waals surface area contributed by atoms with E-state index in [1.165, 1.54) is 20.3 Å². The van der Waals surface area contributed by atoms with Crippen LogP contribution in [0.15, 0.2) is 36.4 Å². The SMILES string of the molecule is COc1ccc(N)cc1NC(=O)c1cccc(OC)c1O. The molecule has 0 heterocycles. The molecule has 0 spiro atoms. The van der Waals surface area contributed by atoms with Gasteiger partial charge in [-0.25, -0.2) is 0 Å². The maximum Gasteiger partial charge on any atom is 0.259 e. The number of hydrogen-bond donors (Lipinski definition) is 3. The Balaban J connectivity index is 2.32. The first kappa shape index (κ1) is 14.5. The number of amides is 1. The van der Waals surface area contributed by atoms with Crippen LogP contribution in [-0.2, 0) is 0 Å². The van der Waals surface area contributed by atoms with E-state index in [1.807, 2.05) is 0 Å². The van der Waals surface area contributed by atoms with E-state index in [2.05, 4.69) is 5.32 Å². The molecule has 0 unspecified atom stereocenters. The number of phenols is 1. The third-order valence-corrected chi connectivity index (χ3v) is 2.94. The van der Waals surface area contributed by atoms with E-state index in [-0.39, 0.29) is 17.1 Å². The molecule has 2 aromatic carbocycles. The molecule has 0 saturated carbocycles. The second kappa shape index (κ2) is 6.04. The van der Waals surface area contributed by atoms with Gasteiger partial charge in [-0.1, -0.05) is 6.07 Å². The summed E-state index contributed by atoms with van der Waals surface area (Å²) in [5.41, 5.74) is 6.70. The highest BCUT2D eigenvalue weighted by Crippen LogP contribution is 2.31. The molecule has 4 N–H and O–H groups in total. The first-order valence-corrected chi connectivity index (χ1v) is 6.17. The number of methoxy groups -OCH3 is 2. The fourth-order valence-electron chi connectivity index (χ4n) is 1.88. The molecule has 0 radical (unpaired) electrons. The van der Waals surface area contributed by atoms with Crippen LogP contribution in [0.5, 0.6) is 17.2 Å². The lowest BCUT2D eigenvalue weighted by atomic mass is 10.1. The monoisotopic (exact) mass is 288 g/mol. The number of para-hydroxylation sites is 1. The second-order valence-corrected chi connectivity index (χ2v) is 4.27. The van der Waals surface area contributed by atoms with Crippen molar-refractivity contribution in [3.63, 3.8) is 0 Å². The molecule has 21 heavy (non-hydrogen) atoms. The minimum Gasteiger partial charge on any atom is -0.504 e. The zero-order valence-electron chi connectivity index (χ0n) is 11.7. The van der Waals surface area contributed by atoms with Gasteiger partial charge in [0.25, 0.3) is 5.91 Å².